The van der Waals surface area contributed by atoms with Crippen LogP contribution in [0.4, 0.5) is 15.8 Å². The molecule has 2 amide bonds. The Bertz CT molecular complexity index is 1250. The van der Waals surface area contributed by atoms with Crippen LogP contribution in [0.3, 0.4) is 0 Å². The smallest absolute Gasteiger partial charge is 0.228 e. The first-order valence-electron chi connectivity index (χ1n) is 11.4. The summed E-state index contributed by atoms with van der Waals surface area (Å²) in [6.45, 7) is 2.24. The fourth-order valence-corrected chi connectivity index (χ4v) is 4.50. The molecule has 5 rings (SSSR count). The van der Waals surface area contributed by atoms with Crippen molar-refractivity contribution in [1.82, 2.24) is 9.97 Å². The first-order chi connectivity index (χ1) is 16.4. The minimum Gasteiger partial charge on any atom is -0.324 e. The van der Waals surface area contributed by atoms with Crippen molar-refractivity contribution in [2.75, 3.05) is 16.8 Å². The van der Waals surface area contributed by atoms with Gasteiger partial charge < -0.3 is 10.2 Å². The highest BCUT2D eigenvalue weighted by molar-refractivity contribution is 6.34. The lowest BCUT2D eigenvalue weighted by molar-refractivity contribution is -0.117. The van der Waals surface area contributed by atoms with Gasteiger partial charge in [0.15, 0.2) is 0 Å². The van der Waals surface area contributed by atoms with Gasteiger partial charge in [-0.1, -0.05) is 23.7 Å². The summed E-state index contributed by atoms with van der Waals surface area (Å²) in [4.78, 5) is 34.5. The Kier molecular flexibility index (Phi) is 6.04. The molecule has 0 radical (unpaired) electrons. The van der Waals surface area contributed by atoms with E-state index in [9.17, 15) is 14.0 Å². The van der Waals surface area contributed by atoms with Gasteiger partial charge in [-0.15, -0.1) is 0 Å². The van der Waals surface area contributed by atoms with Crippen molar-refractivity contribution < 1.29 is 14.0 Å². The molecule has 0 spiro atoms. The van der Waals surface area contributed by atoms with Gasteiger partial charge in [-0.25, -0.2) is 4.98 Å². The van der Waals surface area contributed by atoms with Gasteiger partial charge in [0, 0.05) is 42.6 Å². The molecule has 34 heavy (non-hydrogen) atoms. The Balaban J connectivity index is 1.24. The SMILES string of the molecule is CC(=O)N(CC1CC1)c1ccc(-c2ccc(NC(=O)C3CC3c3cccnc3F)cn2)cc1Cl. The number of hydrogen-bond acceptors (Lipinski definition) is 4. The number of pyridine rings is 2. The molecule has 2 heterocycles. The number of nitrogens with one attached hydrogen (secondary N) is 1. The van der Waals surface area contributed by atoms with E-state index in [1.54, 1.807) is 48.4 Å². The molecule has 2 fully saturated rings. The van der Waals surface area contributed by atoms with E-state index in [4.69, 9.17) is 11.6 Å². The lowest BCUT2D eigenvalue weighted by Crippen LogP contribution is -2.30. The van der Waals surface area contributed by atoms with Crippen LogP contribution in [0.5, 0.6) is 0 Å². The molecule has 2 aliphatic rings. The number of nitrogens with zero attached hydrogens (tertiary/aromatic N) is 3. The zero-order chi connectivity index (χ0) is 23.8. The molecule has 2 aromatic heterocycles. The van der Waals surface area contributed by atoms with Gasteiger partial charge in [0.2, 0.25) is 17.8 Å². The van der Waals surface area contributed by atoms with Crippen LogP contribution in [-0.4, -0.2) is 28.3 Å². The Morgan fingerprint density at radius 1 is 1.18 bits per heavy atom. The quantitative estimate of drug-likeness (QED) is 0.459. The van der Waals surface area contributed by atoms with Crippen LogP contribution in [0.2, 0.25) is 5.02 Å². The molecule has 2 saturated carbocycles. The minimum atomic E-state index is -0.516. The standard InChI is InChI=1S/C26H24ClFN4O2/c1-15(33)32(14-16-4-5-16)24-9-6-17(11-22(24)27)23-8-7-18(13-30-23)31-26(34)21-12-20(21)19-3-2-10-29-25(19)28/h2-3,6-11,13,16,20-21H,4-5,12,14H2,1H3,(H,31,34). The van der Waals surface area contributed by atoms with E-state index in [2.05, 4.69) is 15.3 Å². The van der Waals surface area contributed by atoms with E-state index in [1.165, 1.54) is 6.20 Å². The molecule has 6 nitrogen and oxygen atoms in total. The van der Waals surface area contributed by atoms with Crippen molar-refractivity contribution in [3.8, 4) is 11.3 Å². The first kappa shape index (κ1) is 22.5. The second kappa shape index (κ2) is 9.14. The maximum Gasteiger partial charge on any atom is 0.228 e. The highest BCUT2D eigenvalue weighted by atomic mass is 35.5. The van der Waals surface area contributed by atoms with Crippen LogP contribution in [0.25, 0.3) is 11.3 Å². The van der Waals surface area contributed by atoms with E-state index in [0.29, 0.717) is 46.5 Å². The van der Waals surface area contributed by atoms with Crippen LogP contribution in [-0.2, 0) is 9.59 Å². The molecule has 1 aromatic carbocycles. The number of carbonyl (C=O) groups excluding carboxylic acids is 2. The summed E-state index contributed by atoms with van der Waals surface area (Å²) in [5, 5.41) is 3.35. The van der Waals surface area contributed by atoms with E-state index in [1.807, 2.05) is 12.1 Å². The molecule has 2 atom stereocenters. The molecule has 174 valence electrons. The number of carbonyl (C=O) groups is 2. The highest BCUT2D eigenvalue weighted by Crippen LogP contribution is 2.48. The van der Waals surface area contributed by atoms with Gasteiger partial charge in [0.1, 0.15) is 0 Å². The van der Waals surface area contributed by atoms with Gasteiger partial charge in [0.05, 0.1) is 28.3 Å². The van der Waals surface area contributed by atoms with Gasteiger partial charge in [0.25, 0.3) is 0 Å². The van der Waals surface area contributed by atoms with Gasteiger partial charge in [-0.2, -0.15) is 4.39 Å². The third kappa shape index (κ3) is 4.80. The van der Waals surface area contributed by atoms with Crippen LogP contribution in [0, 0.1) is 17.8 Å². The molecular weight excluding hydrogens is 455 g/mol. The molecule has 0 aliphatic heterocycles. The summed E-state index contributed by atoms with van der Waals surface area (Å²) < 4.78 is 13.9. The Labute approximate surface area is 202 Å². The molecule has 2 aliphatic carbocycles. The van der Waals surface area contributed by atoms with Crippen LogP contribution in [0.1, 0.15) is 37.7 Å². The molecule has 2 unspecified atom stereocenters. The van der Waals surface area contributed by atoms with Gasteiger partial charge in [-0.05, 0) is 55.5 Å². The number of hydrogen-bond donors (Lipinski definition) is 1. The van der Waals surface area contributed by atoms with Crippen molar-refractivity contribution in [2.24, 2.45) is 11.8 Å². The molecule has 8 heteroatoms. The normalized spacial score (nSPS) is 18.9. The van der Waals surface area contributed by atoms with Crippen molar-refractivity contribution in [3.63, 3.8) is 0 Å². The number of aromatic nitrogens is 2. The number of halogens is 2. The average molecular weight is 479 g/mol. The molecule has 1 N–H and O–H groups in total. The van der Waals surface area contributed by atoms with Crippen LogP contribution < -0.4 is 10.2 Å². The number of rotatable bonds is 7. The van der Waals surface area contributed by atoms with E-state index in [0.717, 1.165) is 18.4 Å². The predicted octanol–water partition coefficient (Wildman–Crippen LogP) is 5.44. The molecule has 3 aromatic rings. The van der Waals surface area contributed by atoms with E-state index < -0.39 is 5.95 Å². The lowest BCUT2D eigenvalue weighted by Gasteiger charge is -2.22. The third-order valence-corrected chi connectivity index (χ3v) is 6.70. The highest BCUT2D eigenvalue weighted by Gasteiger charge is 2.45. The van der Waals surface area contributed by atoms with Gasteiger partial charge in [-0.3, -0.25) is 14.6 Å². The zero-order valence-corrected chi connectivity index (χ0v) is 19.4. The lowest BCUT2D eigenvalue weighted by atomic mass is 10.1. The topological polar surface area (TPSA) is 75.2 Å². The summed E-state index contributed by atoms with van der Waals surface area (Å²) >= 11 is 6.53. The zero-order valence-electron chi connectivity index (χ0n) is 18.7. The monoisotopic (exact) mass is 478 g/mol. The summed E-state index contributed by atoms with van der Waals surface area (Å²) in [7, 11) is 0. The Morgan fingerprint density at radius 2 is 2.00 bits per heavy atom. The number of amides is 2. The minimum absolute atomic E-state index is 0.0241. The fourth-order valence-electron chi connectivity index (χ4n) is 4.22. The van der Waals surface area contributed by atoms with E-state index >= 15 is 0 Å². The van der Waals surface area contributed by atoms with Crippen molar-refractivity contribution in [2.45, 2.75) is 32.1 Å². The maximum absolute atomic E-state index is 13.9. The second-order valence-corrected chi connectivity index (χ2v) is 9.40. The third-order valence-electron chi connectivity index (χ3n) is 6.40. The van der Waals surface area contributed by atoms with Crippen LogP contribution in [0.15, 0.2) is 54.9 Å². The Hall–Kier alpha value is -3.32. The van der Waals surface area contributed by atoms with Crippen molar-refractivity contribution in [3.05, 3.63) is 71.4 Å². The average Bonchev–Trinajstić information content (AvgIpc) is 3.74. The number of anilines is 2. The molecule has 0 saturated heterocycles. The van der Waals surface area contributed by atoms with Gasteiger partial charge >= 0.3 is 0 Å². The summed E-state index contributed by atoms with van der Waals surface area (Å²) in [5.74, 6) is -0.560. The largest absolute Gasteiger partial charge is 0.324 e. The molecular formula is C26H24ClFN4O2. The Morgan fingerprint density at radius 3 is 2.65 bits per heavy atom. The summed E-state index contributed by atoms with van der Waals surface area (Å²) in [5.41, 5.74) is 3.27. The summed E-state index contributed by atoms with van der Waals surface area (Å²) in [6, 6.07) is 12.5. The fraction of sp³-hybridized carbons (Fsp3) is 0.308. The second-order valence-electron chi connectivity index (χ2n) is 8.99. The molecule has 0 bridgehead atoms. The maximum atomic E-state index is 13.9. The van der Waals surface area contributed by atoms with E-state index in [-0.39, 0.29) is 23.7 Å². The number of benzene rings is 1. The van der Waals surface area contributed by atoms with Crippen LogP contribution >= 0.6 is 11.6 Å². The summed E-state index contributed by atoms with van der Waals surface area (Å²) in [6.07, 6.45) is 5.88. The van der Waals surface area contributed by atoms with Crippen molar-refractivity contribution >= 4 is 34.8 Å². The predicted molar refractivity (Wildman–Crippen MR) is 129 cm³/mol. The van der Waals surface area contributed by atoms with Crippen molar-refractivity contribution in [1.29, 1.82) is 0 Å². The first-order valence-corrected chi connectivity index (χ1v) is 11.7.